The van der Waals surface area contributed by atoms with E-state index in [-0.39, 0.29) is 0 Å². The van der Waals surface area contributed by atoms with Gasteiger partial charge in [-0.3, -0.25) is 0 Å². The zero-order valence-electron chi connectivity index (χ0n) is 6.93. The first-order valence-electron chi connectivity index (χ1n) is 3.82. The van der Waals surface area contributed by atoms with Crippen LogP contribution in [0.15, 0.2) is 18.4 Å². The van der Waals surface area contributed by atoms with Crippen molar-refractivity contribution in [3.63, 3.8) is 0 Å². The monoisotopic (exact) mass is 150 g/mol. The predicted octanol–water partition coefficient (Wildman–Crippen LogP) is 1.88. The number of hydrogen-bond acceptors (Lipinski definition) is 1. The summed E-state index contributed by atoms with van der Waals surface area (Å²) in [4.78, 5) is 0. The number of rotatable bonds is 3. The fourth-order valence-corrected chi connectivity index (χ4v) is 0.646. The molecule has 0 aromatic rings. The number of hydrogen-bond donors (Lipinski definition) is 1. The zero-order valence-corrected chi connectivity index (χ0v) is 6.93. The van der Waals surface area contributed by atoms with Gasteiger partial charge >= 0.3 is 0 Å². The molecule has 0 radical (unpaired) electrons. The van der Waals surface area contributed by atoms with Crippen molar-refractivity contribution in [2.45, 2.75) is 32.3 Å². The first-order valence-corrected chi connectivity index (χ1v) is 3.82. The van der Waals surface area contributed by atoms with E-state index in [1.807, 2.05) is 6.92 Å². The van der Waals surface area contributed by atoms with Crippen molar-refractivity contribution in [2.24, 2.45) is 0 Å². The lowest BCUT2D eigenvalue weighted by Gasteiger charge is -1.96. The first-order chi connectivity index (χ1) is 5.31. The van der Waals surface area contributed by atoms with Crippen LogP contribution < -0.4 is 0 Å². The molecule has 60 valence electrons. The molecule has 1 nitrogen and oxygen atoms in total. The van der Waals surface area contributed by atoms with Gasteiger partial charge in [-0.1, -0.05) is 31.8 Å². The fourth-order valence-electron chi connectivity index (χ4n) is 0.646. The van der Waals surface area contributed by atoms with Crippen LogP contribution >= 0.6 is 0 Å². The third-order valence-corrected chi connectivity index (χ3v) is 1.18. The number of allylic oxidation sites excluding steroid dienone is 1. The van der Waals surface area contributed by atoms with Gasteiger partial charge in [0.25, 0.3) is 0 Å². The SMILES string of the molecule is C=C=CCC#CC(O)CCC. The van der Waals surface area contributed by atoms with E-state index in [0.717, 1.165) is 12.8 Å². The van der Waals surface area contributed by atoms with Crippen molar-refractivity contribution in [1.29, 1.82) is 0 Å². The minimum absolute atomic E-state index is 0.460. The minimum Gasteiger partial charge on any atom is -0.380 e. The molecule has 0 aliphatic heterocycles. The number of aliphatic hydroxyl groups excluding tert-OH is 1. The Kier molecular flexibility index (Phi) is 6.53. The summed E-state index contributed by atoms with van der Waals surface area (Å²) in [7, 11) is 0. The summed E-state index contributed by atoms with van der Waals surface area (Å²) in [6, 6.07) is 0. The van der Waals surface area contributed by atoms with E-state index in [0.29, 0.717) is 6.42 Å². The highest BCUT2D eigenvalue weighted by Crippen LogP contribution is 1.93. The third-order valence-electron chi connectivity index (χ3n) is 1.18. The van der Waals surface area contributed by atoms with Gasteiger partial charge in [0.05, 0.1) is 0 Å². The van der Waals surface area contributed by atoms with Crippen LogP contribution in [0, 0.1) is 11.8 Å². The van der Waals surface area contributed by atoms with E-state index in [1.165, 1.54) is 0 Å². The molecule has 1 N–H and O–H groups in total. The van der Waals surface area contributed by atoms with E-state index in [2.05, 4.69) is 24.2 Å². The molecule has 0 rings (SSSR count). The van der Waals surface area contributed by atoms with Crippen LogP contribution in [0.1, 0.15) is 26.2 Å². The molecule has 0 heterocycles. The quantitative estimate of drug-likeness (QED) is 0.481. The van der Waals surface area contributed by atoms with Gasteiger partial charge in [0, 0.05) is 6.42 Å². The first kappa shape index (κ1) is 10.0. The minimum atomic E-state index is -0.460. The molecule has 0 bridgehead atoms. The van der Waals surface area contributed by atoms with Crippen molar-refractivity contribution in [1.82, 2.24) is 0 Å². The Balaban J connectivity index is 3.58. The van der Waals surface area contributed by atoms with Crippen molar-refractivity contribution < 1.29 is 5.11 Å². The molecule has 0 saturated heterocycles. The van der Waals surface area contributed by atoms with E-state index in [1.54, 1.807) is 6.08 Å². The van der Waals surface area contributed by atoms with Crippen LogP contribution in [0.25, 0.3) is 0 Å². The lowest BCUT2D eigenvalue weighted by molar-refractivity contribution is 0.221. The molecule has 0 saturated carbocycles. The molecule has 1 unspecified atom stereocenters. The summed E-state index contributed by atoms with van der Waals surface area (Å²) in [5.41, 5.74) is 2.61. The summed E-state index contributed by atoms with van der Waals surface area (Å²) in [6.07, 6.45) is 3.63. The maximum Gasteiger partial charge on any atom is 0.114 e. The van der Waals surface area contributed by atoms with E-state index >= 15 is 0 Å². The summed E-state index contributed by atoms with van der Waals surface area (Å²) >= 11 is 0. The maximum absolute atomic E-state index is 9.12. The molecule has 0 aliphatic carbocycles. The molecule has 1 heteroatoms. The maximum atomic E-state index is 9.12. The molecule has 11 heavy (non-hydrogen) atoms. The second kappa shape index (κ2) is 7.15. The molecular formula is C10H14O. The smallest absolute Gasteiger partial charge is 0.114 e. The van der Waals surface area contributed by atoms with Gasteiger partial charge in [-0.15, -0.1) is 5.73 Å². The average molecular weight is 150 g/mol. The molecule has 0 spiro atoms. The summed E-state index contributed by atoms with van der Waals surface area (Å²) in [6.45, 7) is 5.43. The van der Waals surface area contributed by atoms with E-state index in [9.17, 15) is 0 Å². The van der Waals surface area contributed by atoms with Gasteiger partial charge in [0.2, 0.25) is 0 Å². The van der Waals surface area contributed by atoms with Crippen LogP contribution in [-0.2, 0) is 0 Å². The van der Waals surface area contributed by atoms with Crippen LogP contribution in [0.3, 0.4) is 0 Å². The highest BCUT2D eigenvalue weighted by atomic mass is 16.3. The average Bonchev–Trinajstić information content (AvgIpc) is 1.99. The van der Waals surface area contributed by atoms with Gasteiger partial charge in [-0.25, -0.2) is 0 Å². The van der Waals surface area contributed by atoms with Crippen LogP contribution in [0.5, 0.6) is 0 Å². The second-order valence-electron chi connectivity index (χ2n) is 2.24. The predicted molar refractivity (Wildman–Crippen MR) is 47.0 cm³/mol. The van der Waals surface area contributed by atoms with Gasteiger partial charge in [0.15, 0.2) is 0 Å². The lowest BCUT2D eigenvalue weighted by atomic mass is 10.2. The second-order valence-corrected chi connectivity index (χ2v) is 2.24. The number of aliphatic hydroxyl groups is 1. The van der Waals surface area contributed by atoms with E-state index in [4.69, 9.17) is 5.11 Å². The summed E-state index contributed by atoms with van der Waals surface area (Å²) in [5.74, 6) is 5.54. The van der Waals surface area contributed by atoms with Gasteiger partial charge in [0.1, 0.15) is 6.10 Å². The van der Waals surface area contributed by atoms with Crippen LogP contribution in [0.2, 0.25) is 0 Å². The van der Waals surface area contributed by atoms with Gasteiger partial charge in [-0.2, -0.15) is 0 Å². The molecule has 1 atom stereocenters. The topological polar surface area (TPSA) is 20.2 Å². The lowest BCUT2D eigenvalue weighted by Crippen LogP contribution is -2.00. The largest absolute Gasteiger partial charge is 0.380 e. The van der Waals surface area contributed by atoms with Crippen LogP contribution in [0.4, 0.5) is 0 Å². The fraction of sp³-hybridized carbons (Fsp3) is 0.500. The van der Waals surface area contributed by atoms with Gasteiger partial charge in [-0.05, 0) is 12.5 Å². The third kappa shape index (κ3) is 6.93. The Labute approximate surface area is 68.4 Å². The normalized spacial score (nSPS) is 10.7. The molecule has 0 fully saturated rings. The zero-order chi connectivity index (χ0) is 8.53. The molecule has 0 aliphatic rings. The van der Waals surface area contributed by atoms with Crippen molar-refractivity contribution in [3.8, 4) is 11.8 Å². The Hall–Kier alpha value is -0.960. The Morgan fingerprint density at radius 3 is 2.91 bits per heavy atom. The van der Waals surface area contributed by atoms with Crippen LogP contribution in [-0.4, -0.2) is 11.2 Å². The Morgan fingerprint density at radius 2 is 2.36 bits per heavy atom. The van der Waals surface area contributed by atoms with Crippen molar-refractivity contribution in [2.75, 3.05) is 0 Å². The standard InChI is InChI=1S/C10H14O/c1-3-5-6-7-9-10(11)8-4-2/h5,10-11H,1,4,6,8H2,2H3. The highest BCUT2D eigenvalue weighted by Gasteiger charge is 1.93. The Morgan fingerprint density at radius 1 is 1.64 bits per heavy atom. The summed E-state index contributed by atoms with van der Waals surface area (Å²) < 4.78 is 0. The van der Waals surface area contributed by atoms with E-state index < -0.39 is 6.10 Å². The molecule has 0 amide bonds. The van der Waals surface area contributed by atoms with Crippen molar-refractivity contribution >= 4 is 0 Å². The Bertz CT molecular complexity index is 189. The molecule has 0 aromatic carbocycles. The molecular weight excluding hydrogens is 136 g/mol. The van der Waals surface area contributed by atoms with Crippen molar-refractivity contribution in [3.05, 3.63) is 18.4 Å². The van der Waals surface area contributed by atoms with Gasteiger partial charge < -0.3 is 5.11 Å². The summed E-state index contributed by atoms with van der Waals surface area (Å²) in [5, 5.41) is 9.12. The molecule has 0 aromatic heterocycles. The highest BCUT2D eigenvalue weighted by molar-refractivity contribution is 5.07.